The average Bonchev–Trinajstić information content (AvgIpc) is 3.34. The highest BCUT2D eigenvalue weighted by Gasteiger charge is 2.24. The molecule has 2 aliphatic rings. The Bertz CT molecular complexity index is 1360. The molecule has 5 rings (SSSR count). The molecule has 2 heterocycles. The molecule has 0 radical (unpaired) electrons. The first-order chi connectivity index (χ1) is 17.8. The average molecular weight is 541 g/mol. The van der Waals surface area contributed by atoms with Crippen LogP contribution in [0.3, 0.4) is 0 Å². The van der Waals surface area contributed by atoms with Crippen molar-refractivity contribution < 1.29 is 8.42 Å². The van der Waals surface area contributed by atoms with E-state index in [1.165, 1.54) is 68.3 Å². The molecule has 2 N–H and O–H groups in total. The maximum Gasteiger partial charge on any atom is 0.242 e. The van der Waals surface area contributed by atoms with Crippen LogP contribution < -0.4 is 10.6 Å². The highest BCUT2D eigenvalue weighted by atomic mass is 35.5. The Morgan fingerprint density at radius 3 is 2.32 bits per heavy atom. The number of hydrogen-bond donors (Lipinski definition) is 2. The van der Waals surface area contributed by atoms with E-state index in [2.05, 4.69) is 43.7 Å². The van der Waals surface area contributed by atoms with Crippen LogP contribution in [0.1, 0.15) is 36.8 Å². The number of halogens is 1. The number of hydrogen-bond acceptors (Lipinski definition) is 7. The van der Waals surface area contributed by atoms with Gasteiger partial charge in [0.15, 0.2) is 5.82 Å². The van der Waals surface area contributed by atoms with E-state index in [-0.39, 0.29) is 4.90 Å². The van der Waals surface area contributed by atoms with Crippen LogP contribution in [-0.2, 0) is 22.9 Å². The van der Waals surface area contributed by atoms with E-state index >= 15 is 0 Å². The summed E-state index contributed by atoms with van der Waals surface area (Å²) in [6.45, 7) is 2.49. The molecule has 10 heteroatoms. The molecule has 1 aliphatic heterocycles. The van der Waals surface area contributed by atoms with E-state index in [1.807, 2.05) is 0 Å². The van der Waals surface area contributed by atoms with Gasteiger partial charge in [-0.25, -0.2) is 17.7 Å². The number of aryl methyl sites for hydroxylation is 2. The Morgan fingerprint density at radius 1 is 0.946 bits per heavy atom. The smallest absolute Gasteiger partial charge is 0.242 e. The molecule has 1 atom stereocenters. The second-order valence-corrected chi connectivity index (χ2v) is 12.5. The lowest BCUT2D eigenvalue weighted by molar-refractivity contribution is 0.222. The van der Waals surface area contributed by atoms with E-state index in [1.54, 1.807) is 30.5 Å². The topological polar surface area (TPSA) is 90.5 Å². The van der Waals surface area contributed by atoms with Crippen molar-refractivity contribution in [1.29, 1.82) is 0 Å². The third-order valence-electron chi connectivity index (χ3n) is 7.25. The number of nitrogens with one attached hydrogen (secondary N) is 2. The Balaban J connectivity index is 1.28. The zero-order valence-corrected chi connectivity index (χ0v) is 22.8. The van der Waals surface area contributed by atoms with E-state index in [9.17, 15) is 8.42 Å². The van der Waals surface area contributed by atoms with Crippen molar-refractivity contribution in [3.05, 3.63) is 64.8 Å². The molecule has 2 aromatic carbocycles. The number of fused-ring (bicyclic) bond motifs is 1. The van der Waals surface area contributed by atoms with Gasteiger partial charge in [-0.15, -0.1) is 0 Å². The normalized spacial score (nSPS) is 18.4. The second-order valence-electron chi connectivity index (χ2n) is 9.91. The summed E-state index contributed by atoms with van der Waals surface area (Å²) in [5.74, 6) is 0.868. The maximum absolute atomic E-state index is 12.3. The van der Waals surface area contributed by atoms with Crippen LogP contribution in [0.4, 0.5) is 23.1 Å². The lowest BCUT2D eigenvalue weighted by atomic mass is 10.0. The summed E-state index contributed by atoms with van der Waals surface area (Å²) in [5, 5.41) is 6.85. The molecule has 37 heavy (non-hydrogen) atoms. The minimum atomic E-state index is -3.49. The minimum absolute atomic E-state index is 0.217. The number of sulfonamides is 1. The summed E-state index contributed by atoms with van der Waals surface area (Å²) in [5.41, 5.74) is 4.45. The van der Waals surface area contributed by atoms with Crippen LogP contribution in [0.15, 0.2) is 53.6 Å². The minimum Gasteiger partial charge on any atom is -0.339 e. The summed E-state index contributed by atoms with van der Waals surface area (Å²) >= 11 is 6.35. The van der Waals surface area contributed by atoms with Gasteiger partial charge in [-0.1, -0.05) is 17.7 Å². The van der Waals surface area contributed by atoms with Crippen LogP contribution in [0.2, 0.25) is 5.02 Å². The monoisotopic (exact) mass is 540 g/mol. The van der Waals surface area contributed by atoms with E-state index < -0.39 is 10.0 Å². The molecule has 0 bridgehead atoms. The number of rotatable bonds is 7. The third kappa shape index (κ3) is 5.90. The Kier molecular flexibility index (Phi) is 7.67. The van der Waals surface area contributed by atoms with Gasteiger partial charge in [0.1, 0.15) is 5.02 Å². The molecule has 8 nitrogen and oxygen atoms in total. The van der Waals surface area contributed by atoms with Crippen molar-refractivity contribution in [2.75, 3.05) is 37.8 Å². The van der Waals surface area contributed by atoms with Crippen molar-refractivity contribution in [3.63, 3.8) is 0 Å². The molecule has 1 aliphatic carbocycles. The van der Waals surface area contributed by atoms with Crippen LogP contribution in [0.5, 0.6) is 0 Å². The number of benzene rings is 2. The van der Waals surface area contributed by atoms with Crippen LogP contribution in [0.25, 0.3) is 0 Å². The quantitative estimate of drug-likeness (QED) is 0.397. The largest absolute Gasteiger partial charge is 0.339 e. The molecular weight excluding hydrogens is 508 g/mol. The Hall–Kier alpha value is -2.72. The molecular formula is C27H33ClN6O2S. The molecule has 0 unspecified atom stereocenters. The molecule has 0 spiro atoms. The van der Waals surface area contributed by atoms with E-state index in [0.717, 1.165) is 18.5 Å². The van der Waals surface area contributed by atoms with Crippen molar-refractivity contribution in [3.8, 4) is 0 Å². The fraction of sp³-hybridized carbons (Fsp3) is 0.407. The lowest BCUT2D eigenvalue weighted by Crippen LogP contribution is -2.32. The van der Waals surface area contributed by atoms with Gasteiger partial charge < -0.3 is 15.5 Å². The van der Waals surface area contributed by atoms with E-state index in [0.29, 0.717) is 28.5 Å². The van der Waals surface area contributed by atoms with Crippen molar-refractivity contribution in [2.45, 2.75) is 49.5 Å². The summed E-state index contributed by atoms with van der Waals surface area (Å²) in [7, 11) is -0.479. The zero-order valence-electron chi connectivity index (χ0n) is 21.2. The zero-order chi connectivity index (χ0) is 26.0. The van der Waals surface area contributed by atoms with Gasteiger partial charge in [0.25, 0.3) is 0 Å². The van der Waals surface area contributed by atoms with Crippen LogP contribution >= 0.6 is 11.6 Å². The highest BCUT2D eigenvalue weighted by Crippen LogP contribution is 2.30. The fourth-order valence-electron chi connectivity index (χ4n) is 5.14. The van der Waals surface area contributed by atoms with Gasteiger partial charge in [0, 0.05) is 31.5 Å². The fourth-order valence-corrected chi connectivity index (χ4v) is 6.18. The summed E-state index contributed by atoms with van der Waals surface area (Å²) in [6.07, 6.45) is 8.86. The highest BCUT2D eigenvalue weighted by molar-refractivity contribution is 7.89. The van der Waals surface area contributed by atoms with Gasteiger partial charge in [0.2, 0.25) is 16.0 Å². The summed E-state index contributed by atoms with van der Waals surface area (Å²) in [4.78, 5) is 11.8. The molecule has 1 aromatic heterocycles. The third-order valence-corrected chi connectivity index (χ3v) is 9.36. The molecule has 3 aromatic rings. The van der Waals surface area contributed by atoms with Gasteiger partial charge in [-0.2, -0.15) is 4.98 Å². The first-order valence-corrected chi connectivity index (χ1v) is 14.6. The number of nitrogens with zero attached hydrogens (tertiary/aromatic N) is 4. The van der Waals surface area contributed by atoms with Crippen molar-refractivity contribution in [1.82, 2.24) is 19.2 Å². The standard InChI is InChI=1S/C27H33ClN6O2S/c1-33(2)37(35,36)24-13-9-21(10-14-24)30-26-25(28)18-29-27(32-26)31-22-8-5-19-6-11-23(12-7-20(19)17-22)34-15-3-4-16-34/h5,8-10,13-14,17-18,23H,3-4,6-7,11-12,15-16H2,1-2H3,(H2,29,30,31,32)/t23-/m0/s1. The molecule has 1 saturated heterocycles. The first kappa shape index (κ1) is 25.9. The number of aromatic nitrogens is 2. The lowest BCUT2D eigenvalue weighted by Gasteiger charge is -2.25. The number of likely N-dealkylation sites (tertiary alicyclic amines) is 1. The summed E-state index contributed by atoms with van der Waals surface area (Å²) in [6, 6.07) is 13.7. The van der Waals surface area contributed by atoms with Gasteiger partial charge in [0.05, 0.1) is 11.1 Å². The SMILES string of the molecule is CN(C)S(=O)(=O)c1ccc(Nc2nc(Nc3ccc4c(c3)CC[C@@H](N3CCCC3)CC4)ncc2Cl)cc1. The first-order valence-electron chi connectivity index (χ1n) is 12.7. The second kappa shape index (κ2) is 10.9. The van der Waals surface area contributed by atoms with Crippen molar-refractivity contribution >= 4 is 44.8 Å². The van der Waals surface area contributed by atoms with Gasteiger partial charge >= 0.3 is 0 Å². The van der Waals surface area contributed by atoms with Gasteiger partial charge in [-0.05, 0) is 99.1 Å². The number of anilines is 4. The van der Waals surface area contributed by atoms with Crippen LogP contribution in [0, 0.1) is 0 Å². The van der Waals surface area contributed by atoms with Crippen LogP contribution in [-0.4, -0.2) is 60.8 Å². The predicted molar refractivity (Wildman–Crippen MR) is 149 cm³/mol. The Morgan fingerprint density at radius 2 is 1.62 bits per heavy atom. The van der Waals surface area contributed by atoms with Crippen molar-refractivity contribution in [2.24, 2.45) is 0 Å². The molecule has 0 saturated carbocycles. The maximum atomic E-state index is 12.3. The van der Waals surface area contributed by atoms with Gasteiger partial charge in [-0.3, -0.25) is 0 Å². The molecule has 196 valence electrons. The Labute approximate surface area is 224 Å². The molecule has 0 amide bonds. The van der Waals surface area contributed by atoms with E-state index in [4.69, 9.17) is 11.6 Å². The molecule has 1 fully saturated rings. The predicted octanol–water partition coefficient (Wildman–Crippen LogP) is 5.21. The summed E-state index contributed by atoms with van der Waals surface area (Å²) < 4.78 is 25.8.